The van der Waals surface area contributed by atoms with Gasteiger partial charge >= 0.3 is 0 Å². The van der Waals surface area contributed by atoms with Gasteiger partial charge in [0.05, 0.1) is 5.54 Å². The van der Waals surface area contributed by atoms with Crippen LogP contribution in [-0.2, 0) is 4.79 Å². The molecule has 14 heavy (non-hydrogen) atoms. The number of hydrogen-bond acceptors (Lipinski definition) is 3. The maximum atomic E-state index is 11.2. The number of amides is 1. The van der Waals surface area contributed by atoms with Gasteiger partial charge in [-0.25, -0.2) is 0 Å². The van der Waals surface area contributed by atoms with Crippen LogP contribution in [0.25, 0.3) is 0 Å². The summed E-state index contributed by atoms with van der Waals surface area (Å²) in [6.07, 6.45) is 2.29. The molecule has 80 valence electrons. The zero-order valence-electron chi connectivity index (χ0n) is 8.12. The lowest BCUT2D eigenvalue weighted by Crippen LogP contribution is -2.52. The Balaban J connectivity index is 2.53. The van der Waals surface area contributed by atoms with Crippen molar-refractivity contribution in [1.29, 1.82) is 0 Å². The third-order valence-electron chi connectivity index (χ3n) is 2.55. The van der Waals surface area contributed by atoms with Gasteiger partial charge in [0, 0.05) is 6.54 Å². The predicted octanol–water partition coefficient (Wildman–Crippen LogP) is -1.74. The highest BCUT2D eigenvalue weighted by Crippen LogP contribution is 2.22. The van der Waals surface area contributed by atoms with Crippen molar-refractivity contribution in [2.75, 3.05) is 13.1 Å². The Labute approximate surface area is 82.9 Å². The number of carbonyl (C=O) groups excluding carboxylic acids is 1. The van der Waals surface area contributed by atoms with Gasteiger partial charge in [0.25, 0.3) is 0 Å². The summed E-state index contributed by atoms with van der Waals surface area (Å²) in [4.78, 5) is 15.1. The van der Waals surface area contributed by atoms with E-state index in [0.29, 0.717) is 13.0 Å². The molecule has 0 saturated carbocycles. The smallest absolute Gasteiger partial charge is 0.237 e. The van der Waals surface area contributed by atoms with Gasteiger partial charge in [0.15, 0.2) is 5.96 Å². The van der Waals surface area contributed by atoms with Gasteiger partial charge in [-0.05, 0) is 25.8 Å². The van der Waals surface area contributed by atoms with E-state index >= 15 is 0 Å². The van der Waals surface area contributed by atoms with Crippen LogP contribution in [0.2, 0.25) is 0 Å². The fraction of sp³-hybridized carbons (Fsp3) is 0.750. The highest BCUT2D eigenvalue weighted by atomic mass is 16.1. The van der Waals surface area contributed by atoms with Gasteiger partial charge in [0.1, 0.15) is 0 Å². The van der Waals surface area contributed by atoms with E-state index in [4.69, 9.17) is 17.2 Å². The van der Waals surface area contributed by atoms with Crippen LogP contribution in [0.4, 0.5) is 0 Å². The molecule has 0 aromatic carbocycles. The molecule has 0 radical (unpaired) electrons. The lowest BCUT2D eigenvalue weighted by atomic mass is 9.92. The molecule has 0 spiro atoms. The highest BCUT2D eigenvalue weighted by molar-refractivity contribution is 5.85. The molecule has 6 nitrogen and oxygen atoms in total. The molecule has 7 N–H and O–H groups in total. The number of nitrogens with one attached hydrogen (secondary N) is 1. The Morgan fingerprint density at radius 2 is 2.14 bits per heavy atom. The Morgan fingerprint density at radius 3 is 2.57 bits per heavy atom. The van der Waals surface area contributed by atoms with E-state index in [0.717, 1.165) is 19.4 Å². The van der Waals surface area contributed by atoms with Crippen LogP contribution in [-0.4, -0.2) is 30.5 Å². The molecule has 1 rings (SSSR count). The van der Waals surface area contributed by atoms with E-state index in [9.17, 15) is 4.79 Å². The van der Waals surface area contributed by atoms with Crippen LogP contribution < -0.4 is 22.5 Å². The first-order valence-corrected chi connectivity index (χ1v) is 4.67. The van der Waals surface area contributed by atoms with Gasteiger partial charge in [-0.15, -0.1) is 0 Å². The van der Waals surface area contributed by atoms with Crippen molar-refractivity contribution in [3.8, 4) is 0 Å². The quantitative estimate of drug-likeness (QED) is 0.317. The van der Waals surface area contributed by atoms with E-state index in [1.54, 1.807) is 0 Å². The summed E-state index contributed by atoms with van der Waals surface area (Å²) in [6.45, 7) is 1.25. The maximum absolute atomic E-state index is 11.2. The van der Waals surface area contributed by atoms with Crippen LogP contribution in [0.15, 0.2) is 4.99 Å². The minimum atomic E-state index is -0.598. The molecule has 0 bridgehead atoms. The summed E-state index contributed by atoms with van der Waals surface area (Å²) in [5.41, 5.74) is 15.1. The number of guanidine groups is 1. The topological polar surface area (TPSA) is 120 Å². The number of carbonyl (C=O) groups is 1. The van der Waals surface area contributed by atoms with Crippen LogP contribution in [0.5, 0.6) is 0 Å². The molecule has 1 saturated heterocycles. The lowest BCUT2D eigenvalue weighted by Gasteiger charge is -2.24. The highest BCUT2D eigenvalue weighted by Gasteiger charge is 2.38. The summed E-state index contributed by atoms with van der Waals surface area (Å²) < 4.78 is 0. The molecule has 1 amide bonds. The molecule has 1 unspecified atom stereocenters. The zero-order valence-corrected chi connectivity index (χ0v) is 8.12. The van der Waals surface area contributed by atoms with Gasteiger partial charge < -0.3 is 22.5 Å². The van der Waals surface area contributed by atoms with Crippen molar-refractivity contribution in [1.82, 2.24) is 5.32 Å². The van der Waals surface area contributed by atoms with Crippen molar-refractivity contribution >= 4 is 11.9 Å². The first-order valence-electron chi connectivity index (χ1n) is 4.67. The maximum Gasteiger partial charge on any atom is 0.237 e. The number of nitrogens with zero attached hydrogens (tertiary/aromatic N) is 1. The molecule has 1 aliphatic heterocycles. The fourth-order valence-corrected chi connectivity index (χ4v) is 1.73. The molecule has 1 aliphatic rings. The zero-order chi connectivity index (χ0) is 10.6. The molecule has 0 aliphatic carbocycles. The monoisotopic (exact) mass is 199 g/mol. The Morgan fingerprint density at radius 1 is 1.43 bits per heavy atom. The lowest BCUT2D eigenvalue weighted by molar-refractivity contribution is -0.124. The minimum Gasteiger partial charge on any atom is -0.370 e. The average Bonchev–Trinajstić information content (AvgIpc) is 2.53. The van der Waals surface area contributed by atoms with Crippen LogP contribution in [0.3, 0.4) is 0 Å². The average molecular weight is 199 g/mol. The van der Waals surface area contributed by atoms with E-state index < -0.39 is 5.54 Å². The van der Waals surface area contributed by atoms with Gasteiger partial charge in [-0.1, -0.05) is 0 Å². The van der Waals surface area contributed by atoms with Crippen molar-refractivity contribution < 1.29 is 4.79 Å². The second-order valence-electron chi connectivity index (χ2n) is 3.53. The SMILES string of the molecule is NC(=O)C1(CCN=C(N)N)CCCN1. The number of aliphatic imine (C=N–C) groups is 1. The van der Waals surface area contributed by atoms with Gasteiger partial charge in [-0.3, -0.25) is 9.79 Å². The van der Waals surface area contributed by atoms with Crippen LogP contribution >= 0.6 is 0 Å². The summed E-state index contributed by atoms with van der Waals surface area (Å²) in [6, 6.07) is 0. The van der Waals surface area contributed by atoms with Crippen LogP contribution in [0, 0.1) is 0 Å². The van der Waals surface area contributed by atoms with Crippen LogP contribution in [0.1, 0.15) is 19.3 Å². The summed E-state index contributed by atoms with van der Waals surface area (Å²) in [5, 5.41) is 3.12. The van der Waals surface area contributed by atoms with E-state index in [-0.39, 0.29) is 11.9 Å². The molecule has 0 aromatic rings. The predicted molar refractivity (Wildman–Crippen MR) is 54.5 cm³/mol. The molecule has 6 heteroatoms. The standard InChI is InChI=1S/C8H17N5O/c9-6(14)8(2-1-4-13-8)3-5-12-7(10)11/h13H,1-5H2,(H2,9,14)(H4,10,11,12). The number of nitrogens with two attached hydrogens (primary N) is 3. The van der Waals surface area contributed by atoms with E-state index in [1.807, 2.05) is 0 Å². The minimum absolute atomic E-state index is 0.0441. The third-order valence-corrected chi connectivity index (χ3v) is 2.55. The molecular weight excluding hydrogens is 182 g/mol. The summed E-state index contributed by atoms with van der Waals surface area (Å²) >= 11 is 0. The summed E-state index contributed by atoms with van der Waals surface area (Å²) in [5.74, 6) is -0.275. The first-order chi connectivity index (χ1) is 6.57. The number of primary amides is 1. The second kappa shape index (κ2) is 4.28. The molecule has 1 atom stereocenters. The Kier molecular flexibility index (Phi) is 3.29. The van der Waals surface area contributed by atoms with Crippen molar-refractivity contribution in [2.45, 2.75) is 24.8 Å². The number of hydrogen-bond donors (Lipinski definition) is 4. The van der Waals surface area contributed by atoms with Crippen molar-refractivity contribution in [3.63, 3.8) is 0 Å². The molecule has 1 heterocycles. The molecule has 0 aromatic heterocycles. The third kappa shape index (κ3) is 2.35. The van der Waals surface area contributed by atoms with E-state index in [2.05, 4.69) is 10.3 Å². The van der Waals surface area contributed by atoms with Crippen molar-refractivity contribution in [2.24, 2.45) is 22.2 Å². The fourth-order valence-electron chi connectivity index (χ4n) is 1.73. The van der Waals surface area contributed by atoms with E-state index in [1.165, 1.54) is 0 Å². The Hall–Kier alpha value is -1.30. The molecular formula is C8H17N5O. The Bertz CT molecular complexity index is 240. The largest absolute Gasteiger partial charge is 0.370 e. The second-order valence-corrected chi connectivity index (χ2v) is 3.53. The number of rotatable bonds is 4. The summed E-state index contributed by atoms with van der Waals surface area (Å²) in [7, 11) is 0. The molecule has 1 fully saturated rings. The normalized spacial score (nSPS) is 26.0. The van der Waals surface area contributed by atoms with Gasteiger partial charge in [0.2, 0.25) is 5.91 Å². The first kappa shape index (κ1) is 10.8. The van der Waals surface area contributed by atoms with Gasteiger partial charge in [-0.2, -0.15) is 0 Å². The van der Waals surface area contributed by atoms with Crippen molar-refractivity contribution in [3.05, 3.63) is 0 Å².